The SMILES string of the molecule is N#Cc1cccc(C2SCC(=O)N2CCO)c1. The van der Waals surface area contributed by atoms with Crippen molar-refractivity contribution < 1.29 is 9.90 Å². The molecule has 17 heavy (non-hydrogen) atoms. The van der Waals surface area contributed by atoms with Gasteiger partial charge in [0.2, 0.25) is 5.91 Å². The van der Waals surface area contributed by atoms with Crippen molar-refractivity contribution in [3.05, 3.63) is 35.4 Å². The van der Waals surface area contributed by atoms with Crippen molar-refractivity contribution in [2.45, 2.75) is 5.37 Å². The molecule has 1 aromatic carbocycles. The molecule has 1 heterocycles. The second-order valence-corrected chi connectivity index (χ2v) is 4.78. The van der Waals surface area contributed by atoms with Crippen LogP contribution in [-0.2, 0) is 4.79 Å². The molecule has 1 aromatic rings. The molecule has 0 aliphatic carbocycles. The van der Waals surface area contributed by atoms with Gasteiger partial charge in [-0.1, -0.05) is 12.1 Å². The summed E-state index contributed by atoms with van der Waals surface area (Å²) >= 11 is 1.53. The van der Waals surface area contributed by atoms with E-state index in [9.17, 15) is 4.79 Å². The summed E-state index contributed by atoms with van der Waals surface area (Å²) in [4.78, 5) is 13.3. The van der Waals surface area contributed by atoms with E-state index >= 15 is 0 Å². The second-order valence-electron chi connectivity index (χ2n) is 3.71. The lowest BCUT2D eigenvalue weighted by atomic mass is 10.1. The van der Waals surface area contributed by atoms with Crippen LogP contribution in [0.1, 0.15) is 16.5 Å². The summed E-state index contributed by atoms with van der Waals surface area (Å²) in [5.41, 5.74) is 1.53. The molecule has 1 aliphatic heterocycles. The van der Waals surface area contributed by atoms with Crippen LogP contribution in [0.3, 0.4) is 0 Å². The predicted octanol–water partition coefficient (Wildman–Crippen LogP) is 1.12. The minimum atomic E-state index is -0.0806. The molecule has 1 N–H and O–H groups in total. The van der Waals surface area contributed by atoms with Gasteiger partial charge in [-0.15, -0.1) is 11.8 Å². The molecule has 1 amide bonds. The highest BCUT2D eigenvalue weighted by Gasteiger charge is 2.32. The van der Waals surface area contributed by atoms with Crippen LogP contribution in [0.2, 0.25) is 0 Å². The highest BCUT2D eigenvalue weighted by molar-refractivity contribution is 8.00. The molecular weight excluding hydrogens is 236 g/mol. The van der Waals surface area contributed by atoms with Gasteiger partial charge in [0.15, 0.2) is 0 Å². The summed E-state index contributed by atoms with van der Waals surface area (Å²) in [6.45, 7) is 0.300. The van der Waals surface area contributed by atoms with Crippen molar-refractivity contribution in [1.82, 2.24) is 4.90 Å². The van der Waals surface area contributed by atoms with Gasteiger partial charge in [-0.05, 0) is 17.7 Å². The standard InChI is InChI=1S/C12H12N2O2S/c13-7-9-2-1-3-10(6-9)12-14(4-5-15)11(16)8-17-12/h1-3,6,12,15H,4-5,8H2. The Morgan fingerprint density at radius 1 is 1.59 bits per heavy atom. The molecule has 0 saturated carbocycles. The Bertz CT molecular complexity index is 470. The number of amides is 1. The van der Waals surface area contributed by atoms with E-state index in [-0.39, 0.29) is 17.9 Å². The molecular formula is C12H12N2O2S. The van der Waals surface area contributed by atoms with E-state index in [1.54, 1.807) is 17.0 Å². The molecule has 1 saturated heterocycles. The van der Waals surface area contributed by atoms with Crippen LogP contribution in [0.25, 0.3) is 0 Å². The van der Waals surface area contributed by atoms with Crippen molar-refractivity contribution in [1.29, 1.82) is 5.26 Å². The largest absolute Gasteiger partial charge is 0.395 e. The topological polar surface area (TPSA) is 64.3 Å². The minimum absolute atomic E-state index is 0.0383. The highest BCUT2D eigenvalue weighted by atomic mass is 32.2. The number of hydrogen-bond donors (Lipinski definition) is 1. The first-order valence-corrected chi connectivity index (χ1v) is 6.33. The molecule has 1 atom stereocenters. The van der Waals surface area contributed by atoms with Crippen molar-refractivity contribution in [2.75, 3.05) is 18.9 Å². The Morgan fingerprint density at radius 2 is 2.41 bits per heavy atom. The number of hydrogen-bond acceptors (Lipinski definition) is 4. The van der Waals surface area contributed by atoms with Gasteiger partial charge in [0, 0.05) is 6.54 Å². The zero-order valence-electron chi connectivity index (χ0n) is 9.17. The molecule has 1 unspecified atom stereocenters. The van der Waals surface area contributed by atoms with E-state index < -0.39 is 0 Å². The summed E-state index contributed by atoms with van der Waals surface area (Å²) in [6, 6.07) is 9.33. The van der Waals surface area contributed by atoms with Crippen molar-refractivity contribution >= 4 is 17.7 Å². The van der Waals surface area contributed by atoms with Crippen LogP contribution in [0.5, 0.6) is 0 Å². The molecule has 0 bridgehead atoms. The number of rotatable bonds is 3. The Balaban J connectivity index is 2.26. The Kier molecular flexibility index (Phi) is 3.67. The number of nitrogens with zero attached hydrogens (tertiary/aromatic N) is 2. The summed E-state index contributed by atoms with van der Waals surface area (Å²) in [5.74, 6) is 0.470. The Morgan fingerprint density at radius 3 is 3.12 bits per heavy atom. The molecule has 0 radical (unpaired) electrons. The van der Waals surface area contributed by atoms with E-state index in [1.807, 2.05) is 12.1 Å². The number of benzene rings is 1. The minimum Gasteiger partial charge on any atom is -0.395 e. The molecule has 1 aliphatic rings. The van der Waals surface area contributed by atoms with Gasteiger partial charge in [-0.2, -0.15) is 5.26 Å². The number of aliphatic hydroxyl groups excluding tert-OH is 1. The van der Waals surface area contributed by atoms with Gasteiger partial charge in [-0.3, -0.25) is 4.79 Å². The van der Waals surface area contributed by atoms with E-state index in [4.69, 9.17) is 10.4 Å². The summed E-state index contributed by atoms with van der Waals surface area (Å²) in [7, 11) is 0. The maximum Gasteiger partial charge on any atom is 0.233 e. The fraction of sp³-hybridized carbons (Fsp3) is 0.333. The highest BCUT2D eigenvalue weighted by Crippen LogP contribution is 2.38. The van der Waals surface area contributed by atoms with Crippen LogP contribution in [0.15, 0.2) is 24.3 Å². The summed E-state index contributed by atoms with van der Waals surface area (Å²) in [5, 5.41) is 17.7. The third-order valence-electron chi connectivity index (χ3n) is 2.61. The normalized spacial score (nSPS) is 19.4. The van der Waals surface area contributed by atoms with Crippen LogP contribution in [0.4, 0.5) is 0 Å². The quantitative estimate of drug-likeness (QED) is 0.870. The van der Waals surface area contributed by atoms with Crippen LogP contribution in [0, 0.1) is 11.3 Å². The maximum atomic E-state index is 11.6. The fourth-order valence-corrected chi connectivity index (χ4v) is 3.05. The van der Waals surface area contributed by atoms with Gasteiger partial charge in [0.1, 0.15) is 5.37 Å². The lowest BCUT2D eigenvalue weighted by molar-refractivity contribution is -0.128. The van der Waals surface area contributed by atoms with Gasteiger partial charge < -0.3 is 10.0 Å². The average molecular weight is 248 g/mol. The van der Waals surface area contributed by atoms with Crippen molar-refractivity contribution in [3.63, 3.8) is 0 Å². The molecule has 5 heteroatoms. The molecule has 1 fully saturated rings. The molecule has 2 rings (SSSR count). The van der Waals surface area contributed by atoms with Crippen LogP contribution in [-0.4, -0.2) is 34.8 Å². The second kappa shape index (κ2) is 5.21. The monoisotopic (exact) mass is 248 g/mol. The number of β-amino-alcohol motifs (C(OH)–C–C–N with tert-alkyl or cyclic N) is 1. The summed E-state index contributed by atoms with van der Waals surface area (Å²) in [6.07, 6.45) is 0. The fourth-order valence-electron chi connectivity index (χ4n) is 1.84. The van der Waals surface area contributed by atoms with E-state index in [2.05, 4.69) is 6.07 Å². The first-order chi connectivity index (χ1) is 8.26. The Hall–Kier alpha value is -1.51. The van der Waals surface area contributed by atoms with Gasteiger partial charge in [-0.25, -0.2) is 0 Å². The lowest BCUT2D eigenvalue weighted by Crippen LogP contribution is -2.30. The molecule has 0 spiro atoms. The first-order valence-electron chi connectivity index (χ1n) is 5.28. The summed E-state index contributed by atoms with van der Waals surface area (Å²) < 4.78 is 0. The number of thioether (sulfide) groups is 1. The zero-order valence-corrected chi connectivity index (χ0v) is 9.98. The van der Waals surface area contributed by atoms with Crippen molar-refractivity contribution in [3.8, 4) is 6.07 Å². The van der Waals surface area contributed by atoms with Crippen molar-refractivity contribution in [2.24, 2.45) is 0 Å². The van der Waals surface area contributed by atoms with Gasteiger partial charge in [0.05, 0.1) is 24.0 Å². The number of carbonyl (C=O) groups is 1. The zero-order chi connectivity index (χ0) is 12.3. The first kappa shape index (κ1) is 12.0. The van der Waals surface area contributed by atoms with E-state index in [1.165, 1.54) is 11.8 Å². The van der Waals surface area contributed by atoms with E-state index in [0.717, 1.165) is 5.56 Å². The molecule has 88 valence electrons. The Labute approximate surface area is 104 Å². The van der Waals surface area contributed by atoms with Gasteiger partial charge in [0.25, 0.3) is 0 Å². The smallest absolute Gasteiger partial charge is 0.233 e. The lowest BCUT2D eigenvalue weighted by Gasteiger charge is -2.23. The number of aliphatic hydroxyl groups is 1. The number of nitriles is 1. The predicted molar refractivity (Wildman–Crippen MR) is 65.2 cm³/mol. The van der Waals surface area contributed by atoms with Crippen LogP contribution >= 0.6 is 11.8 Å². The molecule has 0 aromatic heterocycles. The number of carbonyl (C=O) groups excluding carboxylic acids is 1. The van der Waals surface area contributed by atoms with E-state index in [0.29, 0.717) is 17.9 Å². The average Bonchev–Trinajstić information content (AvgIpc) is 2.72. The maximum absolute atomic E-state index is 11.6. The third-order valence-corrected chi connectivity index (χ3v) is 3.87. The van der Waals surface area contributed by atoms with Crippen LogP contribution < -0.4 is 0 Å². The molecule has 4 nitrogen and oxygen atoms in total. The van der Waals surface area contributed by atoms with Gasteiger partial charge >= 0.3 is 0 Å². The third kappa shape index (κ3) is 2.43.